The minimum absolute atomic E-state index is 0.0356. The van der Waals surface area contributed by atoms with Gasteiger partial charge in [0.1, 0.15) is 5.82 Å². The van der Waals surface area contributed by atoms with E-state index in [0.29, 0.717) is 17.1 Å². The maximum absolute atomic E-state index is 4.24. The lowest BCUT2D eigenvalue weighted by Crippen LogP contribution is -2.26. The van der Waals surface area contributed by atoms with Gasteiger partial charge in [0.25, 0.3) is 0 Å². The lowest BCUT2D eigenvalue weighted by Gasteiger charge is -2.20. The van der Waals surface area contributed by atoms with Gasteiger partial charge in [-0.1, -0.05) is 0 Å². The third-order valence-electron chi connectivity index (χ3n) is 1.55. The van der Waals surface area contributed by atoms with Gasteiger partial charge in [0.2, 0.25) is 11.3 Å². The summed E-state index contributed by atoms with van der Waals surface area (Å²) in [6.45, 7) is 6.17. The monoisotopic (exact) mass is 192 g/mol. The molecule has 6 heteroatoms. The van der Waals surface area contributed by atoms with E-state index < -0.39 is 0 Å². The molecule has 0 saturated carbocycles. The molecule has 0 aromatic carbocycles. The van der Waals surface area contributed by atoms with Crippen LogP contribution in [0.5, 0.6) is 0 Å². The summed E-state index contributed by atoms with van der Waals surface area (Å²) in [7, 11) is 0. The fraction of sp³-hybridized carbons (Fsp3) is 0.500. The molecule has 0 fully saturated rings. The first kappa shape index (κ1) is 8.86. The smallest absolute Gasteiger partial charge is 0.222 e. The molecule has 0 aliphatic carbocycles. The fourth-order valence-electron chi connectivity index (χ4n) is 1.09. The largest absolute Gasteiger partial charge is 0.364 e. The van der Waals surface area contributed by atoms with E-state index in [-0.39, 0.29) is 5.54 Å². The quantitative estimate of drug-likeness (QED) is 0.703. The summed E-state index contributed by atoms with van der Waals surface area (Å²) in [6, 6.07) is 0. The Morgan fingerprint density at radius 1 is 1.21 bits per heavy atom. The molecule has 0 bridgehead atoms. The van der Waals surface area contributed by atoms with Crippen LogP contribution in [0.1, 0.15) is 20.8 Å². The van der Waals surface area contributed by atoms with E-state index in [0.717, 1.165) is 0 Å². The maximum atomic E-state index is 4.24. The van der Waals surface area contributed by atoms with Crippen molar-refractivity contribution >= 4 is 17.1 Å². The number of anilines is 1. The van der Waals surface area contributed by atoms with Gasteiger partial charge in [-0.05, 0) is 20.8 Å². The molecule has 2 rings (SSSR count). The first-order valence-electron chi connectivity index (χ1n) is 4.36. The van der Waals surface area contributed by atoms with Crippen LogP contribution < -0.4 is 5.32 Å². The van der Waals surface area contributed by atoms with E-state index in [2.05, 4.69) is 51.5 Å². The van der Waals surface area contributed by atoms with Gasteiger partial charge in [-0.15, -0.1) is 10.2 Å². The Morgan fingerprint density at radius 2 is 1.93 bits per heavy atom. The molecule has 2 heterocycles. The SMILES string of the molecule is CC(C)(C)Nc1cnc2n[nH]nc2n1. The van der Waals surface area contributed by atoms with E-state index in [1.54, 1.807) is 6.20 Å². The first-order chi connectivity index (χ1) is 6.54. The van der Waals surface area contributed by atoms with Crippen LogP contribution in [0.3, 0.4) is 0 Å². The summed E-state index contributed by atoms with van der Waals surface area (Å²) in [5, 5.41) is 13.4. The second-order valence-electron chi connectivity index (χ2n) is 4.10. The maximum Gasteiger partial charge on any atom is 0.222 e. The highest BCUT2D eigenvalue weighted by molar-refractivity contribution is 5.65. The molecule has 0 amide bonds. The number of hydrogen-bond donors (Lipinski definition) is 2. The zero-order chi connectivity index (χ0) is 10.2. The molecule has 2 aromatic rings. The van der Waals surface area contributed by atoms with Crippen molar-refractivity contribution in [3.63, 3.8) is 0 Å². The molecule has 0 saturated heterocycles. The number of H-pyrrole nitrogens is 1. The lowest BCUT2D eigenvalue weighted by molar-refractivity contribution is 0.630. The van der Waals surface area contributed by atoms with Crippen molar-refractivity contribution < 1.29 is 0 Å². The van der Waals surface area contributed by atoms with Crippen molar-refractivity contribution in [3.8, 4) is 0 Å². The van der Waals surface area contributed by atoms with Gasteiger partial charge in [0.15, 0.2) is 0 Å². The van der Waals surface area contributed by atoms with Crippen molar-refractivity contribution in [2.45, 2.75) is 26.3 Å². The van der Waals surface area contributed by atoms with Crippen molar-refractivity contribution in [2.24, 2.45) is 0 Å². The Bertz CT molecular complexity index is 440. The van der Waals surface area contributed by atoms with Gasteiger partial charge in [-0.3, -0.25) is 0 Å². The Balaban J connectivity index is 2.35. The highest BCUT2D eigenvalue weighted by Crippen LogP contribution is 2.12. The molecule has 0 atom stereocenters. The van der Waals surface area contributed by atoms with Crippen LogP contribution in [-0.2, 0) is 0 Å². The van der Waals surface area contributed by atoms with E-state index in [1.807, 2.05) is 0 Å². The van der Waals surface area contributed by atoms with Crippen LogP contribution in [-0.4, -0.2) is 30.9 Å². The highest BCUT2D eigenvalue weighted by Gasteiger charge is 2.11. The number of nitrogens with zero attached hydrogens (tertiary/aromatic N) is 4. The van der Waals surface area contributed by atoms with E-state index in [9.17, 15) is 0 Å². The summed E-state index contributed by atoms with van der Waals surface area (Å²) in [6.07, 6.45) is 1.65. The molecule has 74 valence electrons. The minimum Gasteiger partial charge on any atom is -0.364 e. The van der Waals surface area contributed by atoms with E-state index >= 15 is 0 Å². The number of rotatable bonds is 1. The zero-order valence-electron chi connectivity index (χ0n) is 8.37. The molecule has 14 heavy (non-hydrogen) atoms. The molecular weight excluding hydrogens is 180 g/mol. The third kappa shape index (κ3) is 1.78. The Morgan fingerprint density at radius 3 is 2.64 bits per heavy atom. The summed E-state index contributed by atoms with van der Waals surface area (Å²) in [4.78, 5) is 8.34. The van der Waals surface area contributed by atoms with Gasteiger partial charge in [0.05, 0.1) is 6.20 Å². The van der Waals surface area contributed by atoms with Gasteiger partial charge in [0, 0.05) is 5.54 Å². The van der Waals surface area contributed by atoms with Crippen LogP contribution in [0.25, 0.3) is 11.3 Å². The van der Waals surface area contributed by atoms with Gasteiger partial charge < -0.3 is 5.32 Å². The molecule has 6 nitrogen and oxygen atoms in total. The molecular formula is C8H12N6. The van der Waals surface area contributed by atoms with E-state index in [4.69, 9.17) is 0 Å². The highest BCUT2D eigenvalue weighted by atomic mass is 15.4. The second-order valence-corrected chi connectivity index (χ2v) is 4.10. The van der Waals surface area contributed by atoms with Crippen molar-refractivity contribution in [1.82, 2.24) is 25.4 Å². The van der Waals surface area contributed by atoms with Crippen LogP contribution in [0, 0.1) is 0 Å². The van der Waals surface area contributed by atoms with Crippen LogP contribution in [0.2, 0.25) is 0 Å². The lowest BCUT2D eigenvalue weighted by atomic mass is 10.1. The van der Waals surface area contributed by atoms with Crippen LogP contribution in [0.4, 0.5) is 5.82 Å². The molecule has 0 radical (unpaired) electrons. The molecule has 0 aliphatic heterocycles. The predicted molar refractivity (Wildman–Crippen MR) is 52.9 cm³/mol. The van der Waals surface area contributed by atoms with Crippen LogP contribution in [0.15, 0.2) is 6.20 Å². The molecule has 0 aliphatic rings. The Hall–Kier alpha value is -1.72. The number of hydrogen-bond acceptors (Lipinski definition) is 5. The Labute approximate surface area is 81.1 Å². The molecule has 2 aromatic heterocycles. The number of aromatic amines is 1. The molecule has 2 N–H and O–H groups in total. The topological polar surface area (TPSA) is 79.4 Å². The number of nitrogens with one attached hydrogen (secondary N) is 2. The van der Waals surface area contributed by atoms with Crippen LogP contribution >= 0.6 is 0 Å². The summed E-state index contributed by atoms with van der Waals surface area (Å²) in [5.74, 6) is 0.707. The fourth-order valence-corrected chi connectivity index (χ4v) is 1.09. The Kier molecular flexibility index (Phi) is 1.83. The second kappa shape index (κ2) is 2.90. The summed E-state index contributed by atoms with van der Waals surface area (Å²) < 4.78 is 0. The first-order valence-corrected chi connectivity index (χ1v) is 4.36. The average Bonchev–Trinajstić information content (AvgIpc) is 2.47. The standard InChI is InChI=1S/C8H12N6/c1-8(2,3)11-5-4-9-6-7(10-5)13-14-12-6/h4H,1-3H3,(H2,9,10,11,12,13,14). The van der Waals surface area contributed by atoms with Crippen molar-refractivity contribution in [3.05, 3.63) is 6.20 Å². The minimum atomic E-state index is -0.0356. The van der Waals surface area contributed by atoms with Gasteiger partial charge in [-0.2, -0.15) is 5.21 Å². The number of aromatic nitrogens is 5. The molecule has 0 spiro atoms. The van der Waals surface area contributed by atoms with Gasteiger partial charge >= 0.3 is 0 Å². The zero-order valence-corrected chi connectivity index (χ0v) is 8.37. The summed E-state index contributed by atoms with van der Waals surface area (Å²) >= 11 is 0. The van der Waals surface area contributed by atoms with E-state index in [1.165, 1.54) is 0 Å². The summed E-state index contributed by atoms with van der Waals surface area (Å²) in [5.41, 5.74) is 1.02. The number of fused-ring (bicyclic) bond motifs is 1. The predicted octanol–water partition coefficient (Wildman–Crippen LogP) is 0.958. The van der Waals surface area contributed by atoms with Crippen molar-refractivity contribution in [2.75, 3.05) is 5.32 Å². The normalized spacial score (nSPS) is 11.9. The third-order valence-corrected chi connectivity index (χ3v) is 1.55. The average molecular weight is 192 g/mol. The van der Waals surface area contributed by atoms with Gasteiger partial charge in [-0.25, -0.2) is 9.97 Å². The molecule has 0 unspecified atom stereocenters. The van der Waals surface area contributed by atoms with Crippen molar-refractivity contribution in [1.29, 1.82) is 0 Å².